The van der Waals surface area contributed by atoms with E-state index in [0.717, 1.165) is 11.2 Å². The number of nitrogens with zero attached hydrogens (tertiary/aromatic N) is 1. The largest absolute Gasteiger partial charge is 0.456 e. The van der Waals surface area contributed by atoms with Crippen LogP contribution in [0.25, 0.3) is 33.2 Å². The van der Waals surface area contributed by atoms with Crippen molar-refractivity contribution < 1.29 is 8.98 Å². The van der Waals surface area contributed by atoms with E-state index in [2.05, 4.69) is 80.8 Å². The van der Waals surface area contributed by atoms with Gasteiger partial charge in [0, 0.05) is 28.5 Å². The van der Waals surface area contributed by atoms with E-state index >= 15 is 0 Å². The molecule has 0 bridgehead atoms. The maximum Gasteiger partial charge on any atom is 0.212 e. The molecule has 0 saturated carbocycles. The number of aryl methyl sites for hydroxylation is 2. The van der Waals surface area contributed by atoms with E-state index in [1.165, 1.54) is 32.8 Å². The normalized spacial score (nSPS) is 12.2. The van der Waals surface area contributed by atoms with Crippen LogP contribution in [0.15, 0.2) is 59.1 Å². The average Bonchev–Trinajstić information content (AvgIpc) is 2.91. The van der Waals surface area contributed by atoms with E-state index < -0.39 is 8.07 Å². The fourth-order valence-electron chi connectivity index (χ4n) is 3.45. The van der Waals surface area contributed by atoms with Gasteiger partial charge in [0.15, 0.2) is 6.20 Å². The summed E-state index contributed by atoms with van der Waals surface area (Å²) in [6.45, 7) is 9.35. The Balaban J connectivity index is 2.01. The van der Waals surface area contributed by atoms with Crippen LogP contribution in [0.4, 0.5) is 0 Å². The van der Waals surface area contributed by atoms with Crippen LogP contribution in [-0.4, -0.2) is 8.07 Å². The first-order chi connectivity index (χ1) is 11.8. The fourth-order valence-corrected chi connectivity index (χ4v) is 4.60. The Bertz CT molecular complexity index is 1100. The van der Waals surface area contributed by atoms with Crippen LogP contribution in [0.5, 0.6) is 0 Å². The predicted molar refractivity (Wildman–Crippen MR) is 108 cm³/mol. The number of hydrogen-bond acceptors (Lipinski definition) is 1. The summed E-state index contributed by atoms with van der Waals surface area (Å²) in [5.74, 6) is 0. The molecular weight excluding hydrogens is 322 g/mol. The molecule has 0 unspecified atom stereocenters. The van der Waals surface area contributed by atoms with Gasteiger partial charge >= 0.3 is 0 Å². The van der Waals surface area contributed by atoms with Crippen molar-refractivity contribution in [1.82, 2.24) is 0 Å². The molecule has 126 valence electrons. The number of para-hydroxylation sites is 1. The van der Waals surface area contributed by atoms with Crippen molar-refractivity contribution in [2.75, 3.05) is 0 Å². The van der Waals surface area contributed by atoms with E-state index in [-0.39, 0.29) is 0 Å². The quantitative estimate of drug-likeness (QED) is 0.371. The third kappa shape index (κ3) is 2.69. The van der Waals surface area contributed by atoms with E-state index in [9.17, 15) is 0 Å². The minimum Gasteiger partial charge on any atom is -0.456 e. The number of rotatable bonds is 2. The Kier molecular flexibility index (Phi) is 3.58. The summed E-state index contributed by atoms with van der Waals surface area (Å²) >= 11 is 0. The van der Waals surface area contributed by atoms with Gasteiger partial charge in [0.05, 0.1) is 8.07 Å². The second kappa shape index (κ2) is 5.56. The van der Waals surface area contributed by atoms with Crippen molar-refractivity contribution in [2.45, 2.75) is 26.6 Å². The molecule has 2 heterocycles. The monoisotopic (exact) mass is 346 g/mol. The summed E-state index contributed by atoms with van der Waals surface area (Å²) < 4.78 is 8.25. The van der Waals surface area contributed by atoms with Gasteiger partial charge < -0.3 is 4.42 Å². The Hall–Kier alpha value is -2.39. The first kappa shape index (κ1) is 16.1. The molecule has 25 heavy (non-hydrogen) atoms. The zero-order valence-electron chi connectivity index (χ0n) is 15.6. The third-order valence-corrected chi connectivity index (χ3v) is 7.06. The van der Waals surface area contributed by atoms with Gasteiger partial charge in [0.2, 0.25) is 5.69 Å². The number of furan rings is 1. The predicted octanol–water partition coefficient (Wildman–Crippen LogP) is 4.93. The summed E-state index contributed by atoms with van der Waals surface area (Å²) in [6.07, 6.45) is 2.19. The van der Waals surface area contributed by atoms with Crippen LogP contribution in [0.2, 0.25) is 19.6 Å². The van der Waals surface area contributed by atoms with Gasteiger partial charge in [0.1, 0.15) is 18.2 Å². The molecule has 0 amide bonds. The van der Waals surface area contributed by atoms with Gasteiger partial charge in [-0.25, -0.2) is 4.57 Å². The Morgan fingerprint density at radius 1 is 0.880 bits per heavy atom. The van der Waals surface area contributed by atoms with E-state index in [0.29, 0.717) is 0 Å². The van der Waals surface area contributed by atoms with Crippen molar-refractivity contribution in [3.8, 4) is 11.3 Å². The molecule has 4 rings (SSSR count). The molecule has 0 aliphatic heterocycles. The Morgan fingerprint density at radius 2 is 1.64 bits per heavy atom. The first-order valence-corrected chi connectivity index (χ1v) is 12.3. The van der Waals surface area contributed by atoms with Gasteiger partial charge in [-0.3, -0.25) is 0 Å². The van der Waals surface area contributed by atoms with Gasteiger partial charge in [0.25, 0.3) is 0 Å². The molecule has 0 aliphatic carbocycles. The average molecular weight is 347 g/mol. The van der Waals surface area contributed by atoms with Crippen LogP contribution in [0.1, 0.15) is 5.56 Å². The highest BCUT2D eigenvalue weighted by Crippen LogP contribution is 2.33. The maximum absolute atomic E-state index is 6.03. The van der Waals surface area contributed by atoms with E-state index in [4.69, 9.17) is 4.42 Å². The van der Waals surface area contributed by atoms with Crippen molar-refractivity contribution in [1.29, 1.82) is 0 Å². The number of aromatic nitrogens is 1. The number of hydrogen-bond donors (Lipinski definition) is 0. The lowest BCUT2D eigenvalue weighted by molar-refractivity contribution is -0.660. The minimum absolute atomic E-state index is 0.953. The zero-order chi connectivity index (χ0) is 17.8. The Morgan fingerprint density at radius 3 is 2.40 bits per heavy atom. The molecule has 3 heteroatoms. The highest BCUT2D eigenvalue weighted by atomic mass is 28.3. The molecule has 2 aromatic carbocycles. The van der Waals surface area contributed by atoms with Crippen LogP contribution >= 0.6 is 0 Å². The molecule has 0 spiro atoms. The number of pyridine rings is 1. The lowest BCUT2D eigenvalue weighted by Crippen LogP contribution is -2.42. The smallest absolute Gasteiger partial charge is 0.212 e. The zero-order valence-corrected chi connectivity index (χ0v) is 16.6. The highest BCUT2D eigenvalue weighted by molar-refractivity contribution is 6.88. The van der Waals surface area contributed by atoms with Crippen LogP contribution in [0.3, 0.4) is 0 Å². The van der Waals surface area contributed by atoms with Crippen LogP contribution in [-0.2, 0) is 7.05 Å². The lowest BCUT2D eigenvalue weighted by Gasteiger charge is -2.16. The molecule has 0 radical (unpaired) electrons. The lowest BCUT2D eigenvalue weighted by atomic mass is 10.0. The Labute approximate surface area is 149 Å². The van der Waals surface area contributed by atoms with Gasteiger partial charge in [-0.15, -0.1) is 0 Å². The van der Waals surface area contributed by atoms with Crippen molar-refractivity contribution in [3.05, 3.63) is 60.3 Å². The summed E-state index contributed by atoms with van der Waals surface area (Å²) in [6, 6.07) is 17.4. The minimum atomic E-state index is -1.35. The van der Waals surface area contributed by atoms with Crippen molar-refractivity contribution in [3.63, 3.8) is 0 Å². The standard InChI is InChI=1S/C22H24NOSi/c1-15-12-22-19(17-8-6-7-9-21(17)24-22)14-18(15)20-13-16(25(3,4)5)10-11-23(20)2/h6-14H,1-5H3/q+1. The molecule has 4 aromatic rings. The number of fused-ring (bicyclic) bond motifs is 3. The van der Waals surface area contributed by atoms with E-state index in [1.807, 2.05) is 12.1 Å². The summed E-state index contributed by atoms with van der Waals surface area (Å²) in [4.78, 5) is 0. The molecule has 0 fully saturated rings. The molecule has 2 nitrogen and oxygen atoms in total. The van der Waals surface area contributed by atoms with E-state index in [1.54, 1.807) is 0 Å². The molecular formula is C22H24NOSi+. The molecule has 0 atom stereocenters. The first-order valence-electron chi connectivity index (χ1n) is 8.77. The molecule has 0 N–H and O–H groups in total. The van der Waals surface area contributed by atoms with Crippen LogP contribution in [0, 0.1) is 6.92 Å². The highest BCUT2D eigenvalue weighted by Gasteiger charge is 2.22. The molecule has 0 saturated heterocycles. The van der Waals surface area contributed by atoms with Gasteiger partial charge in [-0.05, 0) is 35.9 Å². The summed E-state index contributed by atoms with van der Waals surface area (Å²) in [5, 5.41) is 3.86. The van der Waals surface area contributed by atoms with Gasteiger partial charge in [-0.1, -0.05) is 37.8 Å². The second-order valence-corrected chi connectivity index (χ2v) is 13.0. The van der Waals surface area contributed by atoms with Crippen LogP contribution < -0.4 is 9.75 Å². The third-order valence-electron chi connectivity index (χ3n) is 5.02. The SMILES string of the molecule is Cc1cc2oc3ccccc3c2cc1-c1cc([Si](C)(C)C)cc[n+]1C. The topological polar surface area (TPSA) is 17.0 Å². The summed E-state index contributed by atoms with van der Waals surface area (Å²) in [5.41, 5.74) is 5.71. The van der Waals surface area contributed by atoms with Crippen molar-refractivity contribution >= 4 is 35.2 Å². The fraction of sp³-hybridized carbons (Fsp3) is 0.227. The maximum atomic E-state index is 6.03. The second-order valence-electron chi connectivity index (χ2n) is 7.92. The molecule has 2 aromatic heterocycles. The van der Waals surface area contributed by atoms with Gasteiger partial charge in [-0.2, -0.15) is 0 Å². The molecule has 0 aliphatic rings. The summed E-state index contributed by atoms with van der Waals surface area (Å²) in [7, 11) is 0.771. The van der Waals surface area contributed by atoms with Crippen molar-refractivity contribution in [2.24, 2.45) is 7.05 Å². The number of benzene rings is 2.